The number of hydrogen-bond acceptors (Lipinski definition) is 4. The van der Waals surface area contributed by atoms with Crippen molar-refractivity contribution in [2.24, 2.45) is 0 Å². The number of hydrogen-bond donors (Lipinski definition) is 4. The number of H-pyrrole nitrogens is 1. The number of aryl methyl sites for hydroxylation is 1. The average molecular weight is 280 g/mol. The molecule has 19 heavy (non-hydrogen) atoms. The summed E-state index contributed by atoms with van der Waals surface area (Å²) in [6, 6.07) is 0.994. The highest BCUT2D eigenvalue weighted by Gasteiger charge is 2.13. The molecule has 2 aromatic rings. The molecule has 2 rings (SSSR count). The van der Waals surface area contributed by atoms with Gasteiger partial charge in [-0.2, -0.15) is 5.10 Å². The van der Waals surface area contributed by atoms with Gasteiger partial charge in [0.1, 0.15) is 5.00 Å². The van der Waals surface area contributed by atoms with E-state index < -0.39 is 12.0 Å². The SMILES string of the molecule is Cc1[nH]ncc1CNC(=O)Nc1sccc1C(=O)O. The van der Waals surface area contributed by atoms with E-state index in [1.54, 1.807) is 11.6 Å². The van der Waals surface area contributed by atoms with E-state index in [1.165, 1.54) is 6.07 Å². The van der Waals surface area contributed by atoms with Gasteiger partial charge >= 0.3 is 12.0 Å². The average Bonchev–Trinajstić information content (AvgIpc) is 2.95. The first kappa shape index (κ1) is 13.1. The smallest absolute Gasteiger partial charge is 0.338 e. The van der Waals surface area contributed by atoms with E-state index in [2.05, 4.69) is 20.8 Å². The summed E-state index contributed by atoms with van der Waals surface area (Å²) in [6.07, 6.45) is 1.63. The van der Waals surface area contributed by atoms with Crippen LogP contribution in [0.25, 0.3) is 0 Å². The van der Waals surface area contributed by atoms with Gasteiger partial charge in [-0.15, -0.1) is 11.3 Å². The number of aromatic nitrogens is 2. The van der Waals surface area contributed by atoms with E-state index in [1.807, 2.05) is 6.92 Å². The minimum atomic E-state index is -1.07. The highest BCUT2D eigenvalue weighted by atomic mass is 32.1. The van der Waals surface area contributed by atoms with Crippen molar-refractivity contribution in [2.75, 3.05) is 5.32 Å². The molecular formula is C11H12N4O3S. The summed E-state index contributed by atoms with van der Waals surface area (Å²) in [7, 11) is 0. The van der Waals surface area contributed by atoms with Crippen molar-refractivity contribution in [3.63, 3.8) is 0 Å². The zero-order valence-corrected chi connectivity index (χ0v) is 10.9. The fourth-order valence-corrected chi connectivity index (χ4v) is 2.23. The lowest BCUT2D eigenvalue weighted by Gasteiger charge is -2.06. The summed E-state index contributed by atoms with van der Waals surface area (Å²) in [5.41, 5.74) is 1.84. The lowest BCUT2D eigenvalue weighted by atomic mass is 10.3. The predicted octanol–water partition coefficient (Wildman–Crippen LogP) is 1.80. The van der Waals surface area contributed by atoms with Crippen LogP contribution in [0.3, 0.4) is 0 Å². The Balaban J connectivity index is 1.93. The van der Waals surface area contributed by atoms with Crippen LogP contribution in [0.15, 0.2) is 17.6 Å². The predicted molar refractivity (Wildman–Crippen MR) is 70.5 cm³/mol. The summed E-state index contributed by atoms with van der Waals surface area (Å²) in [5.74, 6) is -1.07. The molecule has 0 radical (unpaired) electrons. The van der Waals surface area contributed by atoms with E-state index in [0.29, 0.717) is 11.5 Å². The van der Waals surface area contributed by atoms with Crippen LogP contribution < -0.4 is 10.6 Å². The molecule has 0 saturated heterocycles. The Morgan fingerprint density at radius 2 is 2.32 bits per heavy atom. The number of nitrogens with one attached hydrogen (secondary N) is 3. The number of aromatic amines is 1. The van der Waals surface area contributed by atoms with E-state index in [-0.39, 0.29) is 5.56 Å². The van der Waals surface area contributed by atoms with Crippen LogP contribution in [0, 0.1) is 6.92 Å². The Bertz CT molecular complexity index is 605. The van der Waals surface area contributed by atoms with Gasteiger partial charge in [0.05, 0.1) is 11.8 Å². The Labute approximate surface area is 112 Å². The number of carbonyl (C=O) groups excluding carboxylic acids is 1. The lowest BCUT2D eigenvalue weighted by Crippen LogP contribution is -2.28. The van der Waals surface area contributed by atoms with Crippen LogP contribution in [0.4, 0.5) is 9.80 Å². The number of aromatic carboxylic acids is 1. The van der Waals surface area contributed by atoms with E-state index in [9.17, 15) is 9.59 Å². The van der Waals surface area contributed by atoms with Crippen molar-refractivity contribution >= 4 is 28.3 Å². The van der Waals surface area contributed by atoms with Crippen molar-refractivity contribution in [1.29, 1.82) is 0 Å². The molecule has 0 bridgehead atoms. The molecule has 0 spiro atoms. The number of nitrogens with zero attached hydrogens (tertiary/aromatic N) is 1. The van der Waals surface area contributed by atoms with Crippen molar-refractivity contribution < 1.29 is 14.7 Å². The van der Waals surface area contributed by atoms with E-state index in [0.717, 1.165) is 22.6 Å². The van der Waals surface area contributed by atoms with Gasteiger partial charge in [0.25, 0.3) is 0 Å². The summed E-state index contributed by atoms with van der Waals surface area (Å²) in [6.45, 7) is 2.17. The highest BCUT2D eigenvalue weighted by Crippen LogP contribution is 2.22. The number of carboxylic acid groups (broad SMARTS) is 1. The third kappa shape index (κ3) is 3.10. The van der Waals surface area contributed by atoms with Crippen molar-refractivity contribution in [3.8, 4) is 0 Å². The van der Waals surface area contributed by atoms with Crippen molar-refractivity contribution in [1.82, 2.24) is 15.5 Å². The number of rotatable bonds is 4. The third-order valence-corrected chi connectivity index (χ3v) is 3.33. The number of urea groups is 1. The van der Waals surface area contributed by atoms with Crippen molar-refractivity contribution in [2.45, 2.75) is 13.5 Å². The van der Waals surface area contributed by atoms with Crippen LogP contribution in [-0.4, -0.2) is 27.3 Å². The van der Waals surface area contributed by atoms with Gasteiger partial charge in [-0.1, -0.05) is 0 Å². The molecule has 0 saturated carbocycles. The summed E-state index contributed by atoms with van der Waals surface area (Å²) >= 11 is 1.16. The molecule has 2 heterocycles. The molecule has 8 heteroatoms. The summed E-state index contributed by atoms with van der Waals surface area (Å²) in [4.78, 5) is 22.5. The van der Waals surface area contributed by atoms with Crippen LogP contribution in [0.1, 0.15) is 21.6 Å². The fraction of sp³-hybridized carbons (Fsp3) is 0.182. The maximum atomic E-state index is 11.7. The molecule has 4 N–H and O–H groups in total. The molecule has 0 unspecified atom stereocenters. The normalized spacial score (nSPS) is 10.2. The molecular weight excluding hydrogens is 268 g/mol. The zero-order chi connectivity index (χ0) is 13.8. The topological polar surface area (TPSA) is 107 Å². The molecule has 0 aliphatic heterocycles. The summed E-state index contributed by atoms with van der Waals surface area (Å²) in [5, 5.41) is 22.6. The number of thiophene rings is 1. The standard InChI is InChI=1S/C11H12N4O3S/c1-6-7(5-13-15-6)4-12-11(18)14-9-8(10(16)17)2-3-19-9/h2-3,5H,4H2,1H3,(H,13,15)(H,16,17)(H2,12,14,18). The lowest BCUT2D eigenvalue weighted by molar-refractivity contribution is 0.0698. The quantitative estimate of drug-likeness (QED) is 0.685. The Morgan fingerprint density at radius 3 is 2.95 bits per heavy atom. The second-order valence-corrected chi connectivity index (χ2v) is 4.71. The van der Waals surface area contributed by atoms with Gasteiger partial charge in [-0.05, 0) is 18.4 Å². The Morgan fingerprint density at radius 1 is 1.53 bits per heavy atom. The van der Waals surface area contributed by atoms with E-state index in [4.69, 9.17) is 5.11 Å². The number of carbonyl (C=O) groups is 2. The van der Waals surface area contributed by atoms with Crippen LogP contribution in [0.2, 0.25) is 0 Å². The molecule has 2 amide bonds. The van der Waals surface area contributed by atoms with Gasteiger partial charge in [0.15, 0.2) is 0 Å². The van der Waals surface area contributed by atoms with E-state index >= 15 is 0 Å². The molecule has 7 nitrogen and oxygen atoms in total. The minimum Gasteiger partial charge on any atom is -0.478 e. The maximum absolute atomic E-state index is 11.7. The Kier molecular flexibility index (Phi) is 3.81. The number of anilines is 1. The maximum Gasteiger partial charge on any atom is 0.338 e. The van der Waals surface area contributed by atoms with Gasteiger partial charge in [0, 0.05) is 17.8 Å². The fourth-order valence-electron chi connectivity index (χ4n) is 1.45. The monoisotopic (exact) mass is 280 g/mol. The largest absolute Gasteiger partial charge is 0.478 e. The molecule has 0 fully saturated rings. The van der Waals surface area contributed by atoms with Gasteiger partial charge in [-0.25, -0.2) is 9.59 Å². The molecule has 100 valence electrons. The Hall–Kier alpha value is -2.35. The second-order valence-electron chi connectivity index (χ2n) is 3.80. The number of carboxylic acids is 1. The molecule has 0 aliphatic rings. The molecule has 0 atom stereocenters. The zero-order valence-electron chi connectivity index (χ0n) is 10.1. The van der Waals surface area contributed by atoms with Gasteiger partial charge in [0.2, 0.25) is 0 Å². The van der Waals surface area contributed by atoms with Crippen molar-refractivity contribution in [3.05, 3.63) is 34.5 Å². The van der Waals surface area contributed by atoms with Gasteiger partial charge < -0.3 is 10.4 Å². The van der Waals surface area contributed by atoms with Crippen LogP contribution in [-0.2, 0) is 6.54 Å². The first-order valence-corrected chi connectivity index (χ1v) is 6.30. The van der Waals surface area contributed by atoms with Gasteiger partial charge in [-0.3, -0.25) is 10.4 Å². The molecule has 0 aromatic carbocycles. The summed E-state index contributed by atoms with van der Waals surface area (Å²) < 4.78 is 0. The van der Waals surface area contributed by atoms with Crippen LogP contribution >= 0.6 is 11.3 Å². The van der Waals surface area contributed by atoms with Crippen LogP contribution in [0.5, 0.6) is 0 Å². The number of amides is 2. The second kappa shape index (κ2) is 5.53. The first-order chi connectivity index (χ1) is 9.08. The minimum absolute atomic E-state index is 0.0830. The first-order valence-electron chi connectivity index (χ1n) is 5.42. The molecule has 2 aromatic heterocycles. The highest BCUT2D eigenvalue weighted by molar-refractivity contribution is 7.14. The third-order valence-electron chi connectivity index (χ3n) is 2.50. The molecule has 0 aliphatic carbocycles.